The number of thioether (sulfide) groups is 1. The van der Waals surface area contributed by atoms with Gasteiger partial charge in [0.1, 0.15) is 5.75 Å². The zero-order chi connectivity index (χ0) is 16.8. The van der Waals surface area contributed by atoms with Crippen molar-refractivity contribution in [3.8, 4) is 5.75 Å². The van der Waals surface area contributed by atoms with Gasteiger partial charge in [0.15, 0.2) is 6.61 Å². The van der Waals surface area contributed by atoms with E-state index in [4.69, 9.17) is 20.8 Å². The van der Waals surface area contributed by atoms with Gasteiger partial charge >= 0.3 is 0 Å². The maximum Gasteiger partial charge on any atom is 0.284 e. The molecule has 5 nitrogen and oxygen atoms in total. The first-order valence-corrected chi connectivity index (χ1v) is 8.34. The van der Waals surface area contributed by atoms with Gasteiger partial charge in [-0.3, -0.25) is 4.79 Å². The first-order chi connectivity index (χ1) is 11.7. The third-order valence-corrected chi connectivity index (χ3v) is 3.98. The van der Waals surface area contributed by atoms with Crippen molar-refractivity contribution in [2.75, 3.05) is 0 Å². The van der Waals surface area contributed by atoms with E-state index in [-0.39, 0.29) is 23.4 Å². The smallest absolute Gasteiger partial charge is 0.284 e. The summed E-state index contributed by atoms with van der Waals surface area (Å²) in [5.74, 6) is 1.03. The molecule has 1 heterocycles. The number of aromatic nitrogens is 2. The molecule has 7 heteroatoms. The number of nitrogens with zero attached hydrogens (tertiary/aromatic N) is 2. The molecular formula is C17H13ClN2O3S. The molecule has 24 heavy (non-hydrogen) atoms. The fourth-order valence-corrected chi connectivity index (χ4v) is 2.68. The van der Waals surface area contributed by atoms with Gasteiger partial charge in [0, 0.05) is 23.2 Å². The van der Waals surface area contributed by atoms with Crippen LogP contribution in [0, 0.1) is 0 Å². The standard InChI is InChI=1S/C17H13ClN2O3S/c18-13-8-6-12(7-9-13)10-16(21)24-17-20-19-15(23-17)11-22-14-4-2-1-3-5-14/h1-9H,10-11H2. The van der Waals surface area contributed by atoms with E-state index in [1.54, 1.807) is 12.1 Å². The van der Waals surface area contributed by atoms with Gasteiger partial charge in [-0.05, 0) is 29.8 Å². The van der Waals surface area contributed by atoms with E-state index in [1.165, 1.54) is 0 Å². The van der Waals surface area contributed by atoms with Crippen LogP contribution < -0.4 is 4.74 Å². The fourth-order valence-electron chi connectivity index (χ4n) is 1.90. The largest absolute Gasteiger partial charge is 0.484 e. The van der Waals surface area contributed by atoms with Gasteiger partial charge in [0.25, 0.3) is 11.1 Å². The van der Waals surface area contributed by atoms with Crippen LogP contribution in [0.3, 0.4) is 0 Å². The number of carbonyl (C=O) groups excluding carboxylic acids is 1. The highest BCUT2D eigenvalue weighted by atomic mass is 35.5. The first kappa shape index (κ1) is 16.5. The minimum Gasteiger partial charge on any atom is -0.484 e. The summed E-state index contributed by atoms with van der Waals surface area (Å²) >= 11 is 6.74. The Morgan fingerprint density at radius 2 is 1.83 bits per heavy atom. The van der Waals surface area contributed by atoms with Crippen LogP contribution in [-0.4, -0.2) is 15.3 Å². The van der Waals surface area contributed by atoms with Gasteiger partial charge in [-0.1, -0.05) is 41.9 Å². The summed E-state index contributed by atoms with van der Waals surface area (Å²) < 4.78 is 10.9. The van der Waals surface area contributed by atoms with Gasteiger partial charge < -0.3 is 9.15 Å². The maximum atomic E-state index is 12.0. The monoisotopic (exact) mass is 360 g/mol. The molecule has 0 unspecified atom stereocenters. The summed E-state index contributed by atoms with van der Waals surface area (Å²) in [6.45, 7) is 0.156. The zero-order valence-electron chi connectivity index (χ0n) is 12.5. The molecule has 0 saturated carbocycles. The van der Waals surface area contributed by atoms with Gasteiger partial charge in [-0.25, -0.2) is 0 Å². The van der Waals surface area contributed by atoms with Crippen molar-refractivity contribution in [2.45, 2.75) is 18.3 Å². The predicted molar refractivity (Wildman–Crippen MR) is 91.1 cm³/mol. The number of hydrogen-bond acceptors (Lipinski definition) is 6. The Hall–Kier alpha value is -2.31. The fraction of sp³-hybridized carbons (Fsp3) is 0.118. The topological polar surface area (TPSA) is 65.2 Å². The number of ether oxygens (including phenoxy) is 1. The lowest BCUT2D eigenvalue weighted by Gasteiger charge is -2.01. The summed E-state index contributed by atoms with van der Waals surface area (Å²) in [7, 11) is 0. The molecule has 1 aromatic heterocycles. The average molecular weight is 361 g/mol. The predicted octanol–water partition coefficient (Wildman–Crippen LogP) is 4.16. The second-order valence-corrected chi connectivity index (χ2v) is 6.29. The summed E-state index contributed by atoms with van der Waals surface area (Å²) in [6.07, 6.45) is 0.264. The molecule has 0 radical (unpaired) electrons. The van der Waals surface area contributed by atoms with E-state index in [0.717, 1.165) is 17.3 Å². The first-order valence-electron chi connectivity index (χ1n) is 7.14. The van der Waals surface area contributed by atoms with Crippen molar-refractivity contribution in [1.82, 2.24) is 10.2 Å². The van der Waals surface area contributed by atoms with E-state index in [0.29, 0.717) is 16.7 Å². The normalized spacial score (nSPS) is 10.5. The number of carbonyl (C=O) groups is 1. The van der Waals surface area contributed by atoms with Crippen LogP contribution in [0.5, 0.6) is 5.75 Å². The van der Waals surface area contributed by atoms with Crippen LogP contribution in [0.25, 0.3) is 0 Å². The van der Waals surface area contributed by atoms with E-state index >= 15 is 0 Å². The number of hydrogen-bond donors (Lipinski definition) is 0. The highest BCUT2D eigenvalue weighted by Crippen LogP contribution is 2.21. The van der Waals surface area contributed by atoms with Crippen LogP contribution in [0.15, 0.2) is 64.2 Å². The van der Waals surface area contributed by atoms with Crippen LogP contribution in [-0.2, 0) is 17.8 Å². The van der Waals surface area contributed by atoms with Crippen molar-refractivity contribution in [1.29, 1.82) is 0 Å². The molecule has 2 aromatic carbocycles. The van der Waals surface area contributed by atoms with Crippen molar-refractivity contribution in [3.63, 3.8) is 0 Å². The minimum absolute atomic E-state index is 0.0866. The lowest BCUT2D eigenvalue weighted by atomic mass is 10.2. The van der Waals surface area contributed by atoms with Crippen molar-refractivity contribution < 1.29 is 13.9 Å². The van der Waals surface area contributed by atoms with Crippen LogP contribution >= 0.6 is 23.4 Å². The highest BCUT2D eigenvalue weighted by molar-refractivity contribution is 8.13. The molecule has 0 N–H and O–H groups in total. The zero-order valence-corrected chi connectivity index (χ0v) is 14.1. The lowest BCUT2D eigenvalue weighted by Crippen LogP contribution is -1.97. The quantitative estimate of drug-likeness (QED) is 0.615. The average Bonchev–Trinajstić information content (AvgIpc) is 3.03. The third kappa shape index (κ3) is 4.84. The Balaban J connectivity index is 1.51. The Morgan fingerprint density at radius 3 is 2.58 bits per heavy atom. The molecule has 0 fully saturated rings. The second-order valence-electron chi connectivity index (χ2n) is 4.84. The Bertz CT molecular complexity index is 806. The van der Waals surface area contributed by atoms with Crippen LogP contribution in [0.1, 0.15) is 11.5 Å². The Kier molecular flexibility index (Phi) is 5.51. The van der Waals surface area contributed by atoms with E-state index in [2.05, 4.69) is 10.2 Å². The van der Waals surface area contributed by atoms with E-state index in [1.807, 2.05) is 42.5 Å². The molecular weight excluding hydrogens is 348 g/mol. The number of rotatable bonds is 6. The maximum absolute atomic E-state index is 12.0. The molecule has 0 aliphatic carbocycles. The number of para-hydroxylation sites is 1. The van der Waals surface area contributed by atoms with Crippen molar-refractivity contribution in [2.24, 2.45) is 0 Å². The molecule has 0 spiro atoms. The minimum atomic E-state index is -0.0866. The molecule has 0 aliphatic heterocycles. The molecule has 0 aliphatic rings. The summed E-state index contributed by atoms with van der Waals surface area (Å²) in [5.41, 5.74) is 0.879. The molecule has 0 saturated heterocycles. The molecule has 0 bridgehead atoms. The summed E-state index contributed by atoms with van der Waals surface area (Å²) in [6, 6.07) is 16.5. The van der Waals surface area contributed by atoms with Crippen molar-refractivity contribution in [3.05, 3.63) is 71.1 Å². The van der Waals surface area contributed by atoms with Gasteiger partial charge in [0.2, 0.25) is 5.12 Å². The summed E-state index contributed by atoms with van der Waals surface area (Å²) in [4.78, 5) is 12.0. The number of benzene rings is 2. The van der Waals surface area contributed by atoms with Crippen LogP contribution in [0.4, 0.5) is 0 Å². The van der Waals surface area contributed by atoms with Crippen LogP contribution in [0.2, 0.25) is 5.02 Å². The number of halogens is 1. The lowest BCUT2D eigenvalue weighted by molar-refractivity contribution is -0.110. The summed E-state index contributed by atoms with van der Waals surface area (Å²) in [5, 5.41) is 8.48. The molecule has 3 rings (SSSR count). The molecule has 0 amide bonds. The molecule has 0 atom stereocenters. The highest BCUT2D eigenvalue weighted by Gasteiger charge is 2.13. The van der Waals surface area contributed by atoms with E-state index in [9.17, 15) is 4.79 Å². The molecule has 122 valence electrons. The van der Waals surface area contributed by atoms with Gasteiger partial charge in [-0.2, -0.15) is 0 Å². The van der Waals surface area contributed by atoms with E-state index < -0.39 is 0 Å². The van der Waals surface area contributed by atoms with Gasteiger partial charge in [-0.15, -0.1) is 10.2 Å². The van der Waals surface area contributed by atoms with Gasteiger partial charge in [0.05, 0.1) is 0 Å². The molecule has 3 aromatic rings. The second kappa shape index (κ2) is 7.99. The Morgan fingerprint density at radius 1 is 1.08 bits per heavy atom. The SMILES string of the molecule is O=C(Cc1ccc(Cl)cc1)Sc1nnc(COc2ccccc2)o1. The third-order valence-electron chi connectivity index (χ3n) is 3.02. The Labute approximate surface area is 148 Å². The van der Waals surface area contributed by atoms with Crippen molar-refractivity contribution >= 4 is 28.5 Å².